The minimum Gasteiger partial charge on any atom is -0.497 e. The Morgan fingerprint density at radius 1 is 1.00 bits per heavy atom. The molecule has 0 radical (unpaired) electrons. The molecule has 0 saturated carbocycles. The Morgan fingerprint density at radius 2 is 1.78 bits per heavy atom. The molecule has 0 aliphatic rings. The first-order valence-electron chi connectivity index (χ1n) is 7.73. The number of benzene rings is 3. The summed E-state index contributed by atoms with van der Waals surface area (Å²) in [7, 11) is 1.68. The second-order valence-electron chi connectivity index (χ2n) is 5.76. The molecule has 1 unspecified atom stereocenters. The molecule has 3 heteroatoms. The van der Waals surface area contributed by atoms with E-state index in [1.54, 1.807) is 13.2 Å². The van der Waals surface area contributed by atoms with Crippen LogP contribution in [0.3, 0.4) is 0 Å². The van der Waals surface area contributed by atoms with E-state index in [9.17, 15) is 4.39 Å². The van der Waals surface area contributed by atoms with Crippen molar-refractivity contribution in [3.8, 4) is 5.75 Å². The number of rotatable bonds is 5. The predicted octanol–water partition coefficient (Wildman–Crippen LogP) is 5.20. The van der Waals surface area contributed by atoms with Gasteiger partial charge in [-0.1, -0.05) is 37.3 Å². The summed E-state index contributed by atoms with van der Waals surface area (Å²) in [6.07, 6.45) is 0. The van der Waals surface area contributed by atoms with Crippen molar-refractivity contribution in [3.63, 3.8) is 0 Å². The SMILES string of the molecule is COc1ccc2cc(C(C)CNc3cccc(F)c3)ccc2c1. The van der Waals surface area contributed by atoms with Crippen molar-refractivity contribution in [2.75, 3.05) is 19.0 Å². The Hall–Kier alpha value is -2.55. The maximum Gasteiger partial charge on any atom is 0.125 e. The molecule has 2 nitrogen and oxygen atoms in total. The molecule has 0 aliphatic heterocycles. The van der Waals surface area contributed by atoms with Gasteiger partial charge in [-0.3, -0.25) is 0 Å². The molecular weight excluding hydrogens is 289 g/mol. The van der Waals surface area contributed by atoms with E-state index in [-0.39, 0.29) is 5.82 Å². The van der Waals surface area contributed by atoms with Crippen LogP contribution < -0.4 is 10.1 Å². The summed E-state index contributed by atoms with van der Waals surface area (Å²) in [4.78, 5) is 0. The number of ether oxygens (including phenoxy) is 1. The van der Waals surface area contributed by atoms with E-state index in [2.05, 4.69) is 36.5 Å². The first-order chi connectivity index (χ1) is 11.2. The van der Waals surface area contributed by atoms with Gasteiger partial charge in [-0.05, 0) is 52.6 Å². The Kier molecular flexibility index (Phi) is 4.47. The number of hydrogen-bond donors (Lipinski definition) is 1. The van der Waals surface area contributed by atoms with Crippen molar-refractivity contribution in [2.45, 2.75) is 12.8 Å². The molecule has 1 atom stereocenters. The summed E-state index contributed by atoms with van der Waals surface area (Å²) in [5, 5.41) is 5.65. The molecule has 0 fully saturated rings. The van der Waals surface area contributed by atoms with E-state index in [0.717, 1.165) is 18.0 Å². The molecule has 3 aromatic carbocycles. The van der Waals surface area contributed by atoms with E-state index < -0.39 is 0 Å². The van der Waals surface area contributed by atoms with Crippen LogP contribution in [0.4, 0.5) is 10.1 Å². The zero-order valence-electron chi connectivity index (χ0n) is 13.3. The zero-order valence-corrected chi connectivity index (χ0v) is 13.3. The average Bonchev–Trinajstić information content (AvgIpc) is 2.58. The van der Waals surface area contributed by atoms with Crippen molar-refractivity contribution in [2.24, 2.45) is 0 Å². The molecule has 0 aliphatic carbocycles. The van der Waals surface area contributed by atoms with Gasteiger partial charge in [0.05, 0.1) is 7.11 Å². The summed E-state index contributed by atoms with van der Waals surface area (Å²) in [5.74, 6) is 0.971. The maximum absolute atomic E-state index is 13.2. The summed E-state index contributed by atoms with van der Waals surface area (Å²) >= 11 is 0. The third-order valence-electron chi connectivity index (χ3n) is 4.08. The van der Waals surface area contributed by atoms with Crippen LogP contribution in [-0.2, 0) is 0 Å². The van der Waals surface area contributed by atoms with Crippen molar-refractivity contribution >= 4 is 16.5 Å². The van der Waals surface area contributed by atoms with Crippen molar-refractivity contribution in [1.82, 2.24) is 0 Å². The fourth-order valence-electron chi connectivity index (χ4n) is 2.66. The van der Waals surface area contributed by atoms with Crippen LogP contribution in [0.1, 0.15) is 18.4 Å². The van der Waals surface area contributed by atoms with E-state index in [0.29, 0.717) is 5.92 Å². The molecule has 0 spiro atoms. The molecule has 3 rings (SSSR count). The summed E-state index contributed by atoms with van der Waals surface area (Å²) in [6.45, 7) is 2.92. The molecule has 118 valence electrons. The standard InChI is InChI=1S/C20H20FNO/c1-14(13-22-19-5-3-4-18(21)12-19)15-6-7-17-11-20(23-2)9-8-16(17)10-15/h3-12,14,22H,13H2,1-2H3. The third-order valence-corrected chi connectivity index (χ3v) is 4.08. The lowest BCUT2D eigenvalue weighted by Crippen LogP contribution is -2.09. The van der Waals surface area contributed by atoms with Gasteiger partial charge in [0.15, 0.2) is 0 Å². The highest BCUT2D eigenvalue weighted by atomic mass is 19.1. The largest absolute Gasteiger partial charge is 0.497 e. The molecule has 0 heterocycles. The van der Waals surface area contributed by atoms with Crippen LogP contribution in [0.5, 0.6) is 5.75 Å². The topological polar surface area (TPSA) is 21.3 Å². The van der Waals surface area contributed by atoms with E-state index in [1.165, 1.54) is 28.5 Å². The second-order valence-corrected chi connectivity index (χ2v) is 5.76. The zero-order chi connectivity index (χ0) is 16.2. The van der Waals surface area contributed by atoms with Gasteiger partial charge >= 0.3 is 0 Å². The minimum absolute atomic E-state index is 0.220. The Balaban J connectivity index is 1.74. The number of anilines is 1. The lowest BCUT2D eigenvalue weighted by atomic mass is 9.97. The van der Waals surface area contributed by atoms with Gasteiger partial charge in [-0.15, -0.1) is 0 Å². The molecule has 23 heavy (non-hydrogen) atoms. The normalized spacial score (nSPS) is 12.1. The van der Waals surface area contributed by atoms with Gasteiger partial charge in [0.25, 0.3) is 0 Å². The van der Waals surface area contributed by atoms with E-state index in [1.807, 2.05) is 18.2 Å². The smallest absolute Gasteiger partial charge is 0.125 e. The molecule has 3 aromatic rings. The average molecular weight is 309 g/mol. The predicted molar refractivity (Wildman–Crippen MR) is 93.8 cm³/mol. The van der Waals surface area contributed by atoms with Crippen molar-refractivity contribution < 1.29 is 9.13 Å². The summed E-state index contributed by atoms with van der Waals surface area (Å²) < 4.78 is 18.5. The number of methoxy groups -OCH3 is 1. The van der Waals surface area contributed by atoms with Gasteiger partial charge in [0, 0.05) is 12.2 Å². The van der Waals surface area contributed by atoms with Gasteiger partial charge in [0.2, 0.25) is 0 Å². The van der Waals surface area contributed by atoms with Gasteiger partial charge in [0.1, 0.15) is 11.6 Å². The van der Waals surface area contributed by atoms with Crippen LogP contribution in [0.15, 0.2) is 60.7 Å². The second kappa shape index (κ2) is 6.69. The monoisotopic (exact) mass is 309 g/mol. The molecule has 1 N–H and O–H groups in total. The number of fused-ring (bicyclic) bond motifs is 1. The third kappa shape index (κ3) is 3.62. The fraction of sp³-hybridized carbons (Fsp3) is 0.200. The van der Waals surface area contributed by atoms with Crippen LogP contribution >= 0.6 is 0 Å². The molecule has 0 bridgehead atoms. The van der Waals surface area contributed by atoms with Crippen molar-refractivity contribution in [1.29, 1.82) is 0 Å². The van der Waals surface area contributed by atoms with Crippen LogP contribution in [0, 0.1) is 5.82 Å². The van der Waals surface area contributed by atoms with E-state index >= 15 is 0 Å². The summed E-state index contributed by atoms with van der Waals surface area (Å²) in [5.41, 5.74) is 2.06. The quantitative estimate of drug-likeness (QED) is 0.699. The van der Waals surface area contributed by atoms with Gasteiger partial charge in [-0.25, -0.2) is 4.39 Å². The highest BCUT2D eigenvalue weighted by molar-refractivity contribution is 5.84. The summed E-state index contributed by atoms with van der Waals surface area (Å²) in [6, 6.07) is 19.1. The molecule has 0 aromatic heterocycles. The van der Waals surface area contributed by atoms with Gasteiger partial charge in [-0.2, -0.15) is 0 Å². The Morgan fingerprint density at radius 3 is 2.57 bits per heavy atom. The van der Waals surface area contributed by atoms with Gasteiger partial charge < -0.3 is 10.1 Å². The first-order valence-corrected chi connectivity index (χ1v) is 7.73. The molecule has 0 saturated heterocycles. The lowest BCUT2D eigenvalue weighted by molar-refractivity contribution is 0.415. The number of nitrogens with one attached hydrogen (secondary N) is 1. The number of hydrogen-bond acceptors (Lipinski definition) is 2. The highest BCUT2D eigenvalue weighted by Crippen LogP contribution is 2.25. The molecular formula is C20H20FNO. The fourth-order valence-corrected chi connectivity index (χ4v) is 2.66. The first kappa shape index (κ1) is 15.3. The van der Waals surface area contributed by atoms with Crippen LogP contribution in [-0.4, -0.2) is 13.7 Å². The Labute approximate surface area is 135 Å². The maximum atomic E-state index is 13.2. The minimum atomic E-state index is -0.220. The number of halogens is 1. The lowest BCUT2D eigenvalue weighted by Gasteiger charge is -2.15. The van der Waals surface area contributed by atoms with E-state index in [4.69, 9.17) is 4.74 Å². The highest BCUT2D eigenvalue weighted by Gasteiger charge is 2.07. The molecule has 0 amide bonds. The van der Waals surface area contributed by atoms with Crippen molar-refractivity contribution in [3.05, 3.63) is 72.0 Å². The van der Waals surface area contributed by atoms with Crippen LogP contribution in [0.25, 0.3) is 10.8 Å². The van der Waals surface area contributed by atoms with Crippen LogP contribution in [0.2, 0.25) is 0 Å². The Bertz CT molecular complexity index is 816.